The second-order valence-corrected chi connectivity index (χ2v) is 9.02. The van der Waals surface area contributed by atoms with E-state index in [0.29, 0.717) is 17.0 Å². The standard InChI is InChI=1S/C21H22ClN3O5S/c1-14(15-8-10-16(22)11-9-15)24-19(26)13-30-20(27)7-4-12-23-21-17-5-2-3-6-18(17)31(28,29)25-21/h2-3,5-6,8-11,14H,4,7,12-13H2,1H3,(H,23,25)(H,24,26). The topological polar surface area (TPSA) is 114 Å². The van der Waals surface area contributed by atoms with Crippen LogP contribution in [0.25, 0.3) is 0 Å². The quantitative estimate of drug-likeness (QED) is 0.461. The average molecular weight is 464 g/mol. The van der Waals surface area contributed by atoms with Crippen molar-refractivity contribution >= 4 is 39.3 Å². The van der Waals surface area contributed by atoms with Crippen LogP contribution in [0.2, 0.25) is 5.02 Å². The minimum atomic E-state index is -3.58. The molecule has 0 saturated carbocycles. The summed E-state index contributed by atoms with van der Waals surface area (Å²) in [5, 5.41) is 3.35. The van der Waals surface area contributed by atoms with Crippen LogP contribution in [0.1, 0.15) is 36.9 Å². The van der Waals surface area contributed by atoms with Crippen LogP contribution < -0.4 is 10.0 Å². The molecular formula is C21H22ClN3O5S. The maximum atomic E-state index is 12.0. The van der Waals surface area contributed by atoms with Crippen molar-refractivity contribution in [3.63, 3.8) is 0 Å². The summed E-state index contributed by atoms with van der Waals surface area (Å²) in [6.07, 6.45) is 0.417. The Morgan fingerprint density at radius 3 is 2.61 bits per heavy atom. The molecule has 0 bridgehead atoms. The Morgan fingerprint density at radius 1 is 1.16 bits per heavy atom. The number of fused-ring (bicyclic) bond motifs is 1. The SMILES string of the molecule is CC(NC(=O)COC(=O)CCCN=C1NS(=O)(=O)c2ccccc21)c1ccc(Cl)cc1. The molecule has 0 aromatic heterocycles. The van der Waals surface area contributed by atoms with Crippen molar-refractivity contribution in [1.29, 1.82) is 0 Å². The molecule has 2 aromatic rings. The van der Waals surface area contributed by atoms with Gasteiger partial charge < -0.3 is 10.1 Å². The molecule has 164 valence electrons. The van der Waals surface area contributed by atoms with Gasteiger partial charge in [-0.3, -0.25) is 19.3 Å². The molecule has 3 rings (SSSR count). The predicted molar refractivity (Wildman–Crippen MR) is 116 cm³/mol. The van der Waals surface area contributed by atoms with E-state index in [2.05, 4.69) is 15.0 Å². The van der Waals surface area contributed by atoms with Gasteiger partial charge in [-0.1, -0.05) is 35.9 Å². The molecule has 0 spiro atoms. The normalized spacial score (nSPS) is 16.3. The van der Waals surface area contributed by atoms with Gasteiger partial charge in [0.25, 0.3) is 15.9 Å². The zero-order valence-corrected chi connectivity index (χ0v) is 18.4. The van der Waals surface area contributed by atoms with E-state index >= 15 is 0 Å². The zero-order chi connectivity index (χ0) is 22.4. The summed E-state index contributed by atoms with van der Waals surface area (Å²) < 4.78 is 31.4. The van der Waals surface area contributed by atoms with Gasteiger partial charge in [-0.25, -0.2) is 8.42 Å². The van der Waals surface area contributed by atoms with Crippen molar-refractivity contribution in [1.82, 2.24) is 10.0 Å². The van der Waals surface area contributed by atoms with Gasteiger partial charge >= 0.3 is 5.97 Å². The molecule has 0 aliphatic carbocycles. The maximum absolute atomic E-state index is 12.0. The highest BCUT2D eigenvalue weighted by atomic mass is 35.5. The number of ether oxygens (including phenoxy) is 1. The highest BCUT2D eigenvalue weighted by molar-refractivity contribution is 7.90. The third-order valence-corrected chi connectivity index (χ3v) is 6.23. The van der Waals surface area contributed by atoms with Crippen molar-refractivity contribution in [3.05, 3.63) is 64.7 Å². The number of amidine groups is 1. The Morgan fingerprint density at radius 2 is 1.87 bits per heavy atom. The minimum Gasteiger partial charge on any atom is -0.456 e. The lowest BCUT2D eigenvalue weighted by atomic mass is 10.1. The Balaban J connectivity index is 1.39. The molecule has 8 nitrogen and oxygen atoms in total. The Labute approximate surface area is 185 Å². The van der Waals surface area contributed by atoms with Gasteiger partial charge in [-0.05, 0) is 43.2 Å². The van der Waals surface area contributed by atoms with E-state index < -0.39 is 21.9 Å². The number of carbonyl (C=O) groups excluding carboxylic acids is 2. The predicted octanol–water partition coefficient (Wildman–Crippen LogP) is 2.58. The summed E-state index contributed by atoms with van der Waals surface area (Å²) in [4.78, 5) is 28.3. The Hall–Kier alpha value is -2.91. The first kappa shape index (κ1) is 22.8. The van der Waals surface area contributed by atoms with Crippen LogP contribution in [0, 0.1) is 0 Å². The number of esters is 1. The van der Waals surface area contributed by atoms with Gasteiger partial charge in [-0.2, -0.15) is 0 Å². The molecule has 1 amide bonds. The molecule has 0 saturated heterocycles. The number of hydrogen-bond donors (Lipinski definition) is 2. The van der Waals surface area contributed by atoms with Crippen LogP contribution in [0.4, 0.5) is 0 Å². The summed E-state index contributed by atoms with van der Waals surface area (Å²) in [5.74, 6) is -0.672. The van der Waals surface area contributed by atoms with Crippen molar-refractivity contribution in [2.45, 2.75) is 30.7 Å². The second kappa shape index (κ2) is 9.93. The lowest BCUT2D eigenvalue weighted by molar-refractivity contribution is -0.148. The van der Waals surface area contributed by atoms with Crippen molar-refractivity contribution < 1.29 is 22.7 Å². The van der Waals surface area contributed by atoms with E-state index in [4.69, 9.17) is 16.3 Å². The number of nitrogens with one attached hydrogen (secondary N) is 2. The molecule has 10 heteroatoms. The fourth-order valence-corrected chi connectivity index (χ4v) is 4.38. The molecule has 31 heavy (non-hydrogen) atoms. The molecule has 1 heterocycles. The van der Waals surface area contributed by atoms with Gasteiger partial charge in [-0.15, -0.1) is 0 Å². The first-order chi connectivity index (χ1) is 14.8. The number of sulfonamides is 1. The number of amides is 1. The molecule has 2 aromatic carbocycles. The highest BCUT2D eigenvalue weighted by Crippen LogP contribution is 2.22. The van der Waals surface area contributed by atoms with Gasteiger partial charge in [0.15, 0.2) is 6.61 Å². The van der Waals surface area contributed by atoms with E-state index in [1.165, 1.54) is 6.07 Å². The van der Waals surface area contributed by atoms with Gasteiger partial charge in [0.1, 0.15) is 5.84 Å². The minimum absolute atomic E-state index is 0.0607. The highest BCUT2D eigenvalue weighted by Gasteiger charge is 2.29. The number of carbonyl (C=O) groups is 2. The first-order valence-electron chi connectivity index (χ1n) is 9.63. The van der Waals surface area contributed by atoms with E-state index in [-0.39, 0.29) is 36.3 Å². The number of rotatable bonds is 8. The Kier molecular flexibility index (Phi) is 7.29. The first-order valence-corrected chi connectivity index (χ1v) is 11.5. The van der Waals surface area contributed by atoms with E-state index in [0.717, 1.165) is 5.56 Å². The molecule has 1 unspecified atom stereocenters. The summed E-state index contributed by atoms with van der Waals surface area (Å²) in [6, 6.07) is 13.4. The average Bonchev–Trinajstić information content (AvgIpc) is 3.00. The molecule has 1 atom stereocenters. The molecule has 1 aliphatic heterocycles. The third kappa shape index (κ3) is 6.05. The van der Waals surface area contributed by atoms with Crippen LogP contribution in [0.3, 0.4) is 0 Å². The van der Waals surface area contributed by atoms with Crippen LogP contribution in [-0.4, -0.2) is 39.3 Å². The summed E-state index contributed by atoms with van der Waals surface area (Å²) in [5.41, 5.74) is 1.39. The number of benzene rings is 2. The zero-order valence-electron chi connectivity index (χ0n) is 16.8. The third-order valence-electron chi connectivity index (χ3n) is 4.58. The van der Waals surface area contributed by atoms with Crippen LogP contribution in [0.15, 0.2) is 58.4 Å². The monoisotopic (exact) mass is 463 g/mol. The fraction of sp³-hybridized carbons (Fsp3) is 0.286. The van der Waals surface area contributed by atoms with Crippen molar-refractivity contribution in [2.75, 3.05) is 13.2 Å². The molecule has 1 aliphatic rings. The Bertz CT molecular complexity index is 1100. The molecule has 0 radical (unpaired) electrons. The summed E-state index contributed by atoms with van der Waals surface area (Å²) in [6.45, 7) is 1.68. The number of nitrogens with zero attached hydrogens (tertiary/aromatic N) is 1. The van der Waals surface area contributed by atoms with Crippen LogP contribution >= 0.6 is 11.6 Å². The van der Waals surface area contributed by atoms with E-state index in [9.17, 15) is 18.0 Å². The van der Waals surface area contributed by atoms with Crippen LogP contribution in [0.5, 0.6) is 0 Å². The largest absolute Gasteiger partial charge is 0.456 e. The number of halogens is 1. The van der Waals surface area contributed by atoms with E-state index in [1.54, 1.807) is 30.3 Å². The maximum Gasteiger partial charge on any atom is 0.306 e. The lowest BCUT2D eigenvalue weighted by Crippen LogP contribution is -2.31. The smallest absolute Gasteiger partial charge is 0.306 e. The van der Waals surface area contributed by atoms with Crippen LogP contribution in [-0.2, 0) is 24.3 Å². The van der Waals surface area contributed by atoms with Gasteiger partial charge in [0.05, 0.1) is 10.9 Å². The van der Waals surface area contributed by atoms with Crippen molar-refractivity contribution in [2.24, 2.45) is 4.99 Å². The van der Waals surface area contributed by atoms with Gasteiger partial charge in [0, 0.05) is 23.6 Å². The summed E-state index contributed by atoms with van der Waals surface area (Å²) in [7, 11) is -3.58. The van der Waals surface area contributed by atoms with Crippen molar-refractivity contribution in [3.8, 4) is 0 Å². The second-order valence-electron chi connectivity index (χ2n) is 6.94. The summed E-state index contributed by atoms with van der Waals surface area (Å²) >= 11 is 5.85. The van der Waals surface area contributed by atoms with E-state index in [1.807, 2.05) is 19.1 Å². The lowest BCUT2D eigenvalue weighted by Gasteiger charge is -2.14. The fourth-order valence-electron chi connectivity index (χ4n) is 3.00. The number of aliphatic imine (C=N–C) groups is 1. The molecular weight excluding hydrogens is 442 g/mol. The molecule has 2 N–H and O–H groups in total. The molecule has 0 fully saturated rings. The van der Waals surface area contributed by atoms with Gasteiger partial charge in [0.2, 0.25) is 0 Å². The number of hydrogen-bond acceptors (Lipinski definition) is 6.